The maximum absolute atomic E-state index is 3.19. The van der Waals surface area contributed by atoms with E-state index in [0.717, 1.165) is 29.4 Å². The van der Waals surface area contributed by atoms with Crippen molar-refractivity contribution in [3.8, 4) is 23.2 Å². The molecule has 0 unspecified atom stereocenters. The average Bonchev–Trinajstić information content (AvgIpc) is 2.31. The first kappa shape index (κ1) is 16.0. The Morgan fingerprint density at radius 2 is 1.12 bits per heavy atom. The van der Waals surface area contributed by atoms with E-state index in [1.807, 2.05) is 0 Å². The van der Waals surface area contributed by atoms with Crippen molar-refractivity contribution in [3.63, 3.8) is 0 Å². The van der Waals surface area contributed by atoms with Crippen LogP contribution in [0.4, 0.5) is 0 Å². The zero-order valence-corrected chi connectivity index (χ0v) is 12.3. The third-order valence-corrected chi connectivity index (χ3v) is 3.64. The van der Waals surface area contributed by atoms with E-state index in [-0.39, 0.29) is 0 Å². The highest BCUT2D eigenvalue weighted by Gasteiger charge is 1.83. The maximum atomic E-state index is 3.19. The summed E-state index contributed by atoms with van der Waals surface area (Å²) < 4.78 is 0. The molecule has 0 atom stereocenters. The van der Waals surface area contributed by atoms with Gasteiger partial charge in [-0.05, 0) is 12.8 Å². The molecule has 0 fully saturated rings. The largest absolute Gasteiger partial charge is 0.0979 e. The zero-order chi connectivity index (χ0) is 11.9. The molecule has 0 aromatic heterocycles. The Morgan fingerprint density at radius 3 is 1.50 bits per heavy atom. The molecule has 2 heteroatoms. The highest BCUT2D eigenvalue weighted by atomic mass is 32.0. The van der Waals surface area contributed by atoms with Crippen molar-refractivity contribution in [3.05, 3.63) is 0 Å². The van der Waals surface area contributed by atoms with Crippen molar-refractivity contribution in [2.45, 2.75) is 65.2 Å². The van der Waals surface area contributed by atoms with Gasteiger partial charge in [-0.3, -0.25) is 0 Å². The lowest BCUT2D eigenvalue weighted by Gasteiger charge is -1.88. The Labute approximate surface area is 105 Å². The van der Waals surface area contributed by atoms with E-state index in [0.29, 0.717) is 0 Å². The van der Waals surface area contributed by atoms with Gasteiger partial charge >= 0.3 is 0 Å². The second kappa shape index (κ2) is 15.0. The second-order valence-electron chi connectivity index (χ2n) is 3.69. The van der Waals surface area contributed by atoms with Crippen molar-refractivity contribution in [1.82, 2.24) is 0 Å². The van der Waals surface area contributed by atoms with Gasteiger partial charge in [-0.15, -0.1) is 0 Å². The molecule has 0 amide bonds. The van der Waals surface area contributed by atoms with Crippen LogP contribution < -0.4 is 0 Å². The summed E-state index contributed by atoms with van der Waals surface area (Å²) in [6.45, 7) is 4.44. The van der Waals surface area contributed by atoms with Crippen LogP contribution in [0.1, 0.15) is 65.2 Å². The number of unbranched alkanes of at least 4 members (excludes halogenated alkanes) is 6. The Balaban J connectivity index is 3.24. The third-order valence-electron chi connectivity index (χ3n) is 2.12. The number of rotatable bonds is 7. The molecular formula is C14H22P2. The summed E-state index contributed by atoms with van der Waals surface area (Å²) in [6.07, 6.45) is 9.78. The van der Waals surface area contributed by atoms with Gasteiger partial charge in [0, 0.05) is 12.8 Å². The van der Waals surface area contributed by atoms with Gasteiger partial charge < -0.3 is 0 Å². The van der Waals surface area contributed by atoms with Gasteiger partial charge in [0.1, 0.15) is 0 Å². The lowest BCUT2D eigenvalue weighted by molar-refractivity contribution is 0.737. The second-order valence-corrected chi connectivity index (χ2v) is 5.74. The normalized spacial score (nSPS) is 10.4. The maximum Gasteiger partial charge on any atom is 0.0586 e. The lowest BCUT2D eigenvalue weighted by Crippen LogP contribution is -1.69. The summed E-state index contributed by atoms with van der Waals surface area (Å²) in [6, 6.07) is 0. The molecule has 88 valence electrons. The minimum Gasteiger partial charge on any atom is -0.0979 e. The SMILES string of the molecule is CCCCCC#C[P][P]C#CCCCCC. The fourth-order valence-corrected chi connectivity index (χ4v) is 2.35. The molecule has 0 bridgehead atoms. The molecule has 0 nitrogen and oxygen atoms in total. The van der Waals surface area contributed by atoms with Crippen LogP contribution in [0.15, 0.2) is 0 Å². The summed E-state index contributed by atoms with van der Waals surface area (Å²) in [5.74, 6) is 6.39. The number of hydrogen-bond acceptors (Lipinski definition) is 0. The highest BCUT2D eigenvalue weighted by molar-refractivity contribution is 8.16. The Kier molecular flexibility index (Phi) is 15.0. The molecule has 0 saturated heterocycles. The highest BCUT2D eigenvalue weighted by Crippen LogP contribution is 2.33. The summed E-state index contributed by atoms with van der Waals surface area (Å²) in [4.78, 5) is 0. The lowest BCUT2D eigenvalue weighted by atomic mass is 10.2. The Hall–Kier alpha value is -0.0200. The van der Waals surface area contributed by atoms with E-state index in [1.165, 1.54) is 38.5 Å². The molecule has 0 heterocycles. The average molecular weight is 252 g/mol. The summed E-state index contributed by atoms with van der Waals surface area (Å²) >= 11 is 0. The standard InChI is InChI=1S/C14H22P2/c1-3-5-7-9-11-13-15-16-14-12-10-8-6-4-2/h3-10H2,1-2H3. The molecular weight excluding hydrogens is 230 g/mol. The van der Waals surface area contributed by atoms with Crippen LogP contribution in [-0.4, -0.2) is 0 Å². The van der Waals surface area contributed by atoms with Crippen LogP contribution in [-0.2, 0) is 0 Å². The molecule has 16 heavy (non-hydrogen) atoms. The van der Waals surface area contributed by atoms with Gasteiger partial charge in [0.25, 0.3) is 0 Å². The van der Waals surface area contributed by atoms with Crippen molar-refractivity contribution in [2.75, 3.05) is 0 Å². The predicted octanol–water partition coefficient (Wildman–Crippen LogP) is 5.88. The molecule has 0 aliphatic carbocycles. The molecule has 0 aliphatic heterocycles. The minimum atomic E-state index is 1.06. The summed E-state index contributed by atoms with van der Waals surface area (Å²) in [5.41, 5.74) is 6.31. The van der Waals surface area contributed by atoms with E-state index in [1.54, 1.807) is 0 Å². The van der Waals surface area contributed by atoms with Gasteiger partial charge in [0.2, 0.25) is 0 Å². The Morgan fingerprint density at radius 1 is 0.688 bits per heavy atom. The predicted molar refractivity (Wildman–Crippen MR) is 77.7 cm³/mol. The van der Waals surface area contributed by atoms with Crippen LogP contribution in [0.5, 0.6) is 0 Å². The van der Waals surface area contributed by atoms with Crippen LogP contribution >= 0.6 is 16.5 Å². The van der Waals surface area contributed by atoms with Crippen LogP contribution in [0.2, 0.25) is 0 Å². The Bertz CT molecular complexity index is 221. The van der Waals surface area contributed by atoms with E-state index in [4.69, 9.17) is 0 Å². The van der Waals surface area contributed by atoms with E-state index in [9.17, 15) is 0 Å². The van der Waals surface area contributed by atoms with Crippen molar-refractivity contribution < 1.29 is 0 Å². The van der Waals surface area contributed by atoms with Gasteiger partial charge in [0.05, 0.1) is 16.5 Å². The first-order valence-electron chi connectivity index (χ1n) is 6.27. The fourth-order valence-electron chi connectivity index (χ4n) is 1.16. The van der Waals surface area contributed by atoms with Crippen LogP contribution in [0.3, 0.4) is 0 Å². The van der Waals surface area contributed by atoms with Crippen LogP contribution in [0.25, 0.3) is 0 Å². The molecule has 0 aliphatic rings. The van der Waals surface area contributed by atoms with Crippen LogP contribution in [0, 0.1) is 23.2 Å². The van der Waals surface area contributed by atoms with E-state index in [2.05, 4.69) is 37.0 Å². The smallest absolute Gasteiger partial charge is 0.0586 e. The van der Waals surface area contributed by atoms with Gasteiger partial charge in [-0.2, -0.15) is 0 Å². The summed E-state index contributed by atoms with van der Waals surface area (Å²) in [5, 5.41) is 0. The molecule has 0 N–H and O–H groups in total. The third kappa shape index (κ3) is 14.0. The molecule has 0 spiro atoms. The van der Waals surface area contributed by atoms with E-state index < -0.39 is 0 Å². The molecule has 0 aromatic rings. The first-order chi connectivity index (χ1) is 7.91. The minimum absolute atomic E-state index is 1.06. The topological polar surface area (TPSA) is 0 Å². The zero-order valence-electron chi connectivity index (χ0n) is 10.6. The van der Waals surface area contributed by atoms with Crippen molar-refractivity contribution >= 4 is 16.5 Å². The molecule has 0 rings (SSSR count). The summed E-state index contributed by atoms with van der Waals surface area (Å²) in [7, 11) is 2.31. The van der Waals surface area contributed by atoms with Crippen molar-refractivity contribution in [2.24, 2.45) is 0 Å². The fraction of sp³-hybridized carbons (Fsp3) is 0.714. The van der Waals surface area contributed by atoms with Gasteiger partial charge in [-0.25, -0.2) is 0 Å². The first-order valence-corrected chi connectivity index (χ1v) is 8.76. The quantitative estimate of drug-likeness (QED) is 0.301. The monoisotopic (exact) mass is 252 g/mol. The van der Waals surface area contributed by atoms with Gasteiger partial charge in [0.15, 0.2) is 0 Å². The number of hydrogen-bond donors (Lipinski definition) is 0. The molecule has 0 saturated carbocycles. The molecule has 0 aromatic carbocycles. The van der Waals surface area contributed by atoms with E-state index >= 15 is 0 Å². The van der Waals surface area contributed by atoms with Gasteiger partial charge in [-0.1, -0.05) is 62.7 Å². The molecule has 2 radical (unpaired) electrons. The van der Waals surface area contributed by atoms with Crippen molar-refractivity contribution in [1.29, 1.82) is 0 Å².